The number of aromatic nitrogens is 3. The van der Waals surface area contributed by atoms with E-state index >= 15 is 0 Å². The summed E-state index contributed by atoms with van der Waals surface area (Å²) in [5.41, 5.74) is 3.54. The quantitative estimate of drug-likeness (QED) is 0.204. The fraction of sp³-hybridized carbons (Fsp3) is 0.138. The van der Waals surface area contributed by atoms with E-state index in [0.29, 0.717) is 28.6 Å². The first kappa shape index (κ1) is 26.5. The molecule has 2 aromatic heterocycles. The molecule has 5 rings (SSSR count). The number of nitrogens with one attached hydrogen (secondary N) is 3. The van der Waals surface area contributed by atoms with Gasteiger partial charge in [0, 0.05) is 23.0 Å². The third kappa shape index (κ3) is 5.39. The average Bonchev–Trinajstić information content (AvgIpc) is 3.42. The number of H-pyrrole nitrogens is 1. The fourth-order valence-electron chi connectivity index (χ4n) is 4.15. The van der Waals surface area contributed by atoms with Crippen molar-refractivity contribution < 1.29 is 27.4 Å². The first-order chi connectivity index (χ1) is 19.2. The maximum Gasteiger partial charge on any atom is 0.416 e. The molecule has 0 bridgehead atoms. The van der Waals surface area contributed by atoms with Crippen molar-refractivity contribution in [1.82, 2.24) is 15.0 Å². The van der Waals surface area contributed by atoms with Gasteiger partial charge in [0.05, 0.1) is 42.2 Å². The van der Waals surface area contributed by atoms with Crippen LogP contribution in [0.4, 0.5) is 30.5 Å². The van der Waals surface area contributed by atoms with Crippen LogP contribution in [0.5, 0.6) is 11.5 Å². The summed E-state index contributed by atoms with van der Waals surface area (Å²) < 4.78 is 50.1. The summed E-state index contributed by atoms with van der Waals surface area (Å²) in [5, 5.41) is 5.71. The molecule has 1 amide bonds. The first-order valence-electron chi connectivity index (χ1n) is 12.1. The number of alkyl halides is 3. The lowest BCUT2D eigenvalue weighted by molar-refractivity contribution is -0.137. The Morgan fingerprint density at radius 1 is 0.900 bits per heavy atom. The van der Waals surface area contributed by atoms with Crippen molar-refractivity contribution in [3.8, 4) is 22.8 Å². The molecule has 0 aliphatic carbocycles. The van der Waals surface area contributed by atoms with Gasteiger partial charge in [-0.3, -0.25) is 4.79 Å². The van der Waals surface area contributed by atoms with Crippen LogP contribution in [-0.2, 0) is 6.18 Å². The molecule has 2 heterocycles. The van der Waals surface area contributed by atoms with Crippen LogP contribution in [0.2, 0.25) is 0 Å². The molecule has 0 saturated heterocycles. The van der Waals surface area contributed by atoms with Crippen molar-refractivity contribution in [3.63, 3.8) is 0 Å². The van der Waals surface area contributed by atoms with Crippen molar-refractivity contribution in [2.75, 3.05) is 24.9 Å². The van der Waals surface area contributed by atoms with E-state index in [9.17, 15) is 18.0 Å². The van der Waals surface area contributed by atoms with E-state index in [-0.39, 0.29) is 17.0 Å². The number of carbonyl (C=O) groups is 1. The van der Waals surface area contributed by atoms with E-state index < -0.39 is 17.6 Å². The molecular formula is C29H24F3N5O3. The molecule has 204 valence electrons. The summed E-state index contributed by atoms with van der Waals surface area (Å²) in [5.74, 6) is 0.512. The number of methoxy groups -OCH3 is 2. The van der Waals surface area contributed by atoms with Crippen LogP contribution in [-0.4, -0.2) is 35.1 Å². The molecule has 0 radical (unpaired) electrons. The number of anilines is 3. The maximum absolute atomic E-state index is 13.2. The molecule has 0 spiro atoms. The molecule has 0 saturated carbocycles. The van der Waals surface area contributed by atoms with Crippen LogP contribution in [0.3, 0.4) is 0 Å². The zero-order valence-corrected chi connectivity index (χ0v) is 21.7. The van der Waals surface area contributed by atoms with Gasteiger partial charge in [0.2, 0.25) is 5.95 Å². The van der Waals surface area contributed by atoms with Gasteiger partial charge in [-0.1, -0.05) is 6.07 Å². The first-order valence-corrected chi connectivity index (χ1v) is 12.1. The molecule has 0 aliphatic heterocycles. The second kappa shape index (κ2) is 10.6. The number of halogens is 3. The zero-order valence-electron chi connectivity index (χ0n) is 21.7. The van der Waals surface area contributed by atoms with E-state index in [0.717, 1.165) is 34.8 Å². The average molecular weight is 548 g/mol. The highest BCUT2D eigenvalue weighted by molar-refractivity contribution is 6.06. The van der Waals surface area contributed by atoms with E-state index in [4.69, 9.17) is 14.5 Å². The number of rotatable bonds is 7. The van der Waals surface area contributed by atoms with Crippen LogP contribution in [0, 0.1) is 6.92 Å². The van der Waals surface area contributed by atoms with Gasteiger partial charge in [0.25, 0.3) is 5.91 Å². The largest absolute Gasteiger partial charge is 0.497 e. The summed E-state index contributed by atoms with van der Waals surface area (Å²) in [7, 11) is 2.91. The molecule has 11 heteroatoms. The number of nitrogens with zero attached hydrogens (tertiary/aromatic N) is 2. The Morgan fingerprint density at radius 3 is 2.38 bits per heavy atom. The number of benzene rings is 3. The topological polar surface area (TPSA) is 101 Å². The minimum atomic E-state index is -4.57. The van der Waals surface area contributed by atoms with Crippen molar-refractivity contribution in [2.45, 2.75) is 13.1 Å². The van der Waals surface area contributed by atoms with E-state index in [2.05, 4.69) is 20.6 Å². The SMILES string of the molecule is COc1ccc(-c2nc(Nc3cc(C(=O)Nc4cc(C(F)(F)F)ccc4OC)ccc3C)nc3cc[nH]c23)cc1. The van der Waals surface area contributed by atoms with Crippen molar-refractivity contribution in [1.29, 1.82) is 0 Å². The van der Waals surface area contributed by atoms with E-state index in [1.54, 1.807) is 31.5 Å². The van der Waals surface area contributed by atoms with Crippen molar-refractivity contribution in [2.24, 2.45) is 0 Å². The van der Waals surface area contributed by atoms with Crippen LogP contribution in [0.15, 0.2) is 72.9 Å². The van der Waals surface area contributed by atoms with Gasteiger partial charge >= 0.3 is 6.18 Å². The second-order valence-corrected chi connectivity index (χ2v) is 8.88. The summed E-state index contributed by atoms with van der Waals surface area (Å²) in [6.45, 7) is 1.85. The number of fused-ring (bicyclic) bond motifs is 1. The third-order valence-corrected chi connectivity index (χ3v) is 6.29. The second-order valence-electron chi connectivity index (χ2n) is 8.88. The van der Waals surface area contributed by atoms with Crippen LogP contribution in [0.1, 0.15) is 21.5 Å². The number of hydrogen-bond acceptors (Lipinski definition) is 6. The highest BCUT2D eigenvalue weighted by Crippen LogP contribution is 2.35. The van der Waals surface area contributed by atoms with E-state index in [1.165, 1.54) is 7.11 Å². The molecule has 0 atom stereocenters. The fourth-order valence-corrected chi connectivity index (χ4v) is 4.15. The van der Waals surface area contributed by atoms with E-state index in [1.807, 2.05) is 37.3 Å². The summed E-state index contributed by atoms with van der Waals surface area (Å²) in [4.78, 5) is 25.5. The van der Waals surface area contributed by atoms with Gasteiger partial charge in [-0.25, -0.2) is 9.97 Å². The summed E-state index contributed by atoms with van der Waals surface area (Å²) >= 11 is 0. The maximum atomic E-state index is 13.2. The van der Waals surface area contributed by atoms with Crippen LogP contribution < -0.4 is 20.1 Å². The molecule has 3 aromatic carbocycles. The van der Waals surface area contributed by atoms with Crippen LogP contribution in [0.25, 0.3) is 22.3 Å². The van der Waals surface area contributed by atoms with Crippen molar-refractivity contribution >= 4 is 34.3 Å². The van der Waals surface area contributed by atoms with Gasteiger partial charge < -0.3 is 25.1 Å². The van der Waals surface area contributed by atoms with Gasteiger partial charge in [-0.15, -0.1) is 0 Å². The number of amides is 1. The zero-order chi connectivity index (χ0) is 28.4. The van der Waals surface area contributed by atoms with Gasteiger partial charge in [0.15, 0.2) is 0 Å². The molecule has 8 nitrogen and oxygen atoms in total. The molecule has 0 aliphatic rings. The predicted octanol–water partition coefficient (Wildman–Crippen LogP) is 6.97. The van der Waals surface area contributed by atoms with Gasteiger partial charge in [-0.2, -0.15) is 13.2 Å². The Kier molecular flexibility index (Phi) is 7.03. The number of aromatic amines is 1. The van der Waals surface area contributed by atoms with Gasteiger partial charge in [0.1, 0.15) is 11.5 Å². The Hall–Kier alpha value is -5.06. The number of hydrogen-bond donors (Lipinski definition) is 3. The smallest absolute Gasteiger partial charge is 0.416 e. The van der Waals surface area contributed by atoms with Gasteiger partial charge in [-0.05, 0) is 73.2 Å². The minimum absolute atomic E-state index is 0.0946. The predicted molar refractivity (Wildman–Crippen MR) is 146 cm³/mol. The monoisotopic (exact) mass is 547 g/mol. The number of ether oxygens (including phenoxy) is 2. The summed E-state index contributed by atoms with van der Waals surface area (Å²) in [6.07, 6.45) is -2.80. The standard InChI is InChI=1S/C29H24F3N5O3/c1-16-4-5-18(27(38)34-23-15-19(29(30,31)32)8-11-24(23)40-3)14-22(16)36-28-35-21-12-13-33-26(21)25(37-28)17-6-9-20(39-2)10-7-17/h4-15,33H,1-3H3,(H,34,38)(H,35,36,37). The lowest BCUT2D eigenvalue weighted by Gasteiger charge is -2.15. The third-order valence-electron chi connectivity index (χ3n) is 6.29. The molecular weight excluding hydrogens is 523 g/mol. The van der Waals surface area contributed by atoms with Crippen molar-refractivity contribution in [3.05, 3.63) is 89.6 Å². The molecule has 40 heavy (non-hydrogen) atoms. The Labute approximate surface area is 227 Å². The molecule has 0 unspecified atom stereocenters. The lowest BCUT2D eigenvalue weighted by Crippen LogP contribution is -2.14. The highest BCUT2D eigenvalue weighted by atomic mass is 19.4. The molecule has 0 fully saturated rings. The Bertz CT molecular complexity index is 1700. The number of aryl methyl sites for hydroxylation is 1. The minimum Gasteiger partial charge on any atom is -0.497 e. The molecule has 5 aromatic rings. The Morgan fingerprint density at radius 2 is 1.68 bits per heavy atom. The lowest BCUT2D eigenvalue weighted by atomic mass is 10.1. The number of carbonyl (C=O) groups excluding carboxylic acids is 1. The highest BCUT2D eigenvalue weighted by Gasteiger charge is 2.31. The summed E-state index contributed by atoms with van der Waals surface area (Å²) in [6, 6.07) is 17.1. The normalized spacial score (nSPS) is 11.3. The molecule has 3 N–H and O–H groups in total. The Balaban J connectivity index is 1.45. The van der Waals surface area contributed by atoms with Crippen LogP contribution >= 0.6 is 0 Å².